The number of methoxy groups -OCH3 is 1. The Bertz CT molecular complexity index is 1060. The van der Waals surface area contributed by atoms with E-state index in [2.05, 4.69) is 48.6 Å². The molecule has 10 nitrogen and oxygen atoms in total. The van der Waals surface area contributed by atoms with Crippen LogP contribution in [0.1, 0.15) is 11.1 Å². The Hall–Kier alpha value is -2.93. The van der Waals surface area contributed by atoms with Gasteiger partial charge >= 0.3 is 0 Å². The number of hydrogen-bond donors (Lipinski definition) is 2. The van der Waals surface area contributed by atoms with Gasteiger partial charge < -0.3 is 15.2 Å². The van der Waals surface area contributed by atoms with Crippen LogP contribution in [0.3, 0.4) is 0 Å². The molecule has 0 spiro atoms. The molecule has 0 saturated carbocycles. The summed E-state index contributed by atoms with van der Waals surface area (Å²) < 4.78 is 13.4. The molecule has 1 amide bonds. The topological polar surface area (TPSA) is 130 Å². The molecular formula is C18H17ClIN7O3. The quantitative estimate of drug-likeness (QED) is 0.254. The SMILES string of the molecule is COc1cc(/C=N\NC(=O)Cn2nnnc2N)cc(I)c1OCc1ccc(Cl)cc1. The van der Waals surface area contributed by atoms with E-state index in [1.807, 2.05) is 30.3 Å². The van der Waals surface area contributed by atoms with Gasteiger partial charge in [0.15, 0.2) is 11.5 Å². The maximum atomic E-state index is 11.9. The smallest absolute Gasteiger partial charge is 0.261 e. The Morgan fingerprint density at radius 3 is 2.80 bits per heavy atom. The first-order valence-electron chi connectivity index (χ1n) is 8.54. The summed E-state index contributed by atoms with van der Waals surface area (Å²) in [6.45, 7) is 0.224. The molecule has 1 heterocycles. The fraction of sp³-hybridized carbons (Fsp3) is 0.167. The van der Waals surface area contributed by atoms with Crippen molar-refractivity contribution in [2.24, 2.45) is 5.10 Å². The molecule has 0 fully saturated rings. The lowest BCUT2D eigenvalue weighted by molar-refractivity contribution is -0.121. The second-order valence-electron chi connectivity index (χ2n) is 5.94. The minimum absolute atomic E-state index is 0.0441. The maximum Gasteiger partial charge on any atom is 0.261 e. The molecule has 1 aromatic heterocycles. The Morgan fingerprint density at radius 1 is 1.37 bits per heavy atom. The molecule has 0 aliphatic rings. The number of ether oxygens (including phenoxy) is 2. The van der Waals surface area contributed by atoms with Crippen LogP contribution in [0.4, 0.5) is 5.95 Å². The van der Waals surface area contributed by atoms with Crippen LogP contribution in [-0.2, 0) is 17.9 Å². The number of hydrazone groups is 1. The maximum absolute atomic E-state index is 11.9. The van der Waals surface area contributed by atoms with Crippen LogP contribution < -0.4 is 20.6 Å². The van der Waals surface area contributed by atoms with E-state index in [1.165, 1.54) is 6.21 Å². The van der Waals surface area contributed by atoms with Crippen LogP contribution in [0.2, 0.25) is 5.02 Å². The van der Waals surface area contributed by atoms with Crippen LogP contribution in [0, 0.1) is 3.57 Å². The van der Waals surface area contributed by atoms with Crippen molar-refractivity contribution in [2.75, 3.05) is 12.8 Å². The van der Waals surface area contributed by atoms with Crippen LogP contribution in [-0.4, -0.2) is 39.4 Å². The van der Waals surface area contributed by atoms with Crippen LogP contribution in [0.25, 0.3) is 0 Å². The van der Waals surface area contributed by atoms with Gasteiger partial charge in [0.25, 0.3) is 5.91 Å². The molecule has 12 heteroatoms. The highest BCUT2D eigenvalue weighted by atomic mass is 127. The molecule has 0 saturated heterocycles. The summed E-state index contributed by atoms with van der Waals surface area (Å²) in [6, 6.07) is 11.0. The molecule has 2 aromatic carbocycles. The van der Waals surface area contributed by atoms with Crippen LogP contribution in [0.15, 0.2) is 41.5 Å². The second-order valence-corrected chi connectivity index (χ2v) is 7.54. The van der Waals surface area contributed by atoms with Gasteiger partial charge in [-0.05, 0) is 68.4 Å². The summed E-state index contributed by atoms with van der Waals surface area (Å²) in [5.41, 5.74) is 9.61. The molecule has 3 rings (SSSR count). The lowest BCUT2D eigenvalue weighted by Crippen LogP contribution is -2.24. The minimum atomic E-state index is -0.421. The van der Waals surface area contributed by atoms with Crippen molar-refractivity contribution in [3.05, 3.63) is 56.1 Å². The number of aromatic nitrogens is 4. The van der Waals surface area contributed by atoms with Crippen molar-refractivity contribution in [3.63, 3.8) is 0 Å². The number of carbonyl (C=O) groups is 1. The molecule has 156 valence electrons. The van der Waals surface area contributed by atoms with Crippen molar-refractivity contribution >= 4 is 52.3 Å². The van der Waals surface area contributed by atoms with E-state index in [0.717, 1.165) is 19.4 Å². The van der Waals surface area contributed by atoms with Gasteiger partial charge in [0, 0.05) is 5.02 Å². The van der Waals surface area contributed by atoms with Crippen LogP contribution >= 0.6 is 34.2 Å². The van der Waals surface area contributed by atoms with E-state index < -0.39 is 5.91 Å². The van der Waals surface area contributed by atoms with E-state index in [0.29, 0.717) is 23.1 Å². The van der Waals surface area contributed by atoms with Gasteiger partial charge in [0.05, 0.1) is 16.9 Å². The number of nitrogens with two attached hydrogens (primary N) is 1. The number of anilines is 1. The highest BCUT2D eigenvalue weighted by Crippen LogP contribution is 2.34. The normalized spacial score (nSPS) is 10.9. The molecule has 0 atom stereocenters. The van der Waals surface area contributed by atoms with E-state index in [1.54, 1.807) is 13.2 Å². The standard InChI is InChI=1S/C18H17ClIN7O3/c1-29-15-7-12(8-22-23-16(28)9-27-18(21)24-25-26-27)6-14(20)17(15)30-10-11-2-4-13(19)5-3-11/h2-8H,9-10H2,1H3,(H,23,28)(H2,21,24,26)/b22-8-. The zero-order valence-electron chi connectivity index (χ0n) is 15.7. The number of nitrogens with one attached hydrogen (secondary N) is 1. The van der Waals surface area contributed by atoms with Gasteiger partial charge in [0.1, 0.15) is 13.2 Å². The Morgan fingerprint density at radius 2 is 2.13 bits per heavy atom. The lowest BCUT2D eigenvalue weighted by atomic mass is 10.2. The number of nitrogen functional groups attached to an aromatic ring is 1. The number of benzene rings is 2. The third kappa shape index (κ3) is 5.79. The number of amides is 1. The first-order chi connectivity index (χ1) is 14.5. The zero-order chi connectivity index (χ0) is 21.5. The van der Waals surface area contributed by atoms with E-state index in [9.17, 15) is 4.79 Å². The van der Waals surface area contributed by atoms with E-state index >= 15 is 0 Å². The summed E-state index contributed by atoms with van der Waals surface area (Å²) in [5.74, 6) is 0.783. The monoisotopic (exact) mass is 541 g/mol. The molecule has 0 bridgehead atoms. The number of carbonyl (C=O) groups excluding carboxylic acids is 1. The molecule has 30 heavy (non-hydrogen) atoms. The first kappa shape index (κ1) is 21.8. The fourth-order valence-electron chi connectivity index (χ4n) is 2.36. The third-order valence-electron chi connectivity index (χ3n) is 3.80. The number of rotatable bonds is 8. The zero-order valence-corrected chi connectivity index (χ0v) is 18.7. The van der Waals surface area contributed by atoms with Gasteiger partial charge in [-0.25, -0.2) is 10.1 Å². The fourth-order valence-corrected chi connectivity index (χ4v) is 3.27. The Labute approximate surface area is 190 Å². The molecule has 0 aliphatic carbocycles. The van der Waals surface area contributed by atoms with E-state index in [4.69, 9.17) is 26.8 Å². The first-order valence-corrected chi connectivity index (χ1v) is 10.00. The summed E-state index contributed by atoms with van der Waals surface area (Å²) in [7, 11) is 1.56. The van der Waals surface area contributed by atoms with Crippen molar-refractivity contribution in [1.82, 2.24) is 25.6 Å². The average molecular weight is 542 g/mol. The average Bonchev–Trinajstić information content (AvgIpc) is 3.12. The molecule has 0 unspecified atom stereocenters. The second kappa shape index (κ2) is 10.2. The summed E-state index contributed by atoms with van der Waals surface area (Å²) in [5, 5.41) is 15.1. The number of tetrazole rings is 1. The predicted molar refractivity (Wildman–Crippen MR) is 119 cm³/mol. The highest BCUT2D eigenvalue weighted by molar-refractivity contribution is 14.1. The van der Waals surface area contributed by atoms with Crippen molar-refractivity contribution in [3.8, 4) is 11.5 Å². The summed E-state index contributed by atoms with van der Waals surface area (Å²) >= 11 is 8.06. The predicted octanol–water partition coefficient (Wildman–Crippen LogP) is 2.25. The number of hydrogen-bond acceptors (Lipinski definition) is 8. The van der Waals surface area contributed by atoms with Gasteiger partial charge in [-0.1, -0.05) is 28.8 Å². The van der Waals surface area contributed by atoms with E-state index in [-0.39, 0.29) is 12.5 Å². The molecule has 3 N–H and O–H groups in total. The number of nitrogens with zero attached hydrogens (tertiary/aromatic N) is 5. The van der Waals surface area contributed by atoms with Gasteiger partial charge in [-0.3, -0.25) is 4.79 Å². The Balaban J connectivity index is 1.64. The van der Waals surface area contributed by atoms with Crippen molar-refractivity contribution in [1.29, 1.82) is 0 Å². The number of halogens is 2. The van der Waals surface area contributed by atoms with Crippen molar-refractivity contribution in [2.45, 2.75) is 13.2 Å². The molecule has 0 aliphatic heterocycles. The summed E-state index contributed by atoms with van der Waals surface area (Å²) in [4.78, 5) is 11.9. The minimum Gasteiger partial charge on any atom is -0.493 e. The highest BCUT2D eigenvalue weighted by Gasteiger charge is 2.12. The van der Waals surface area contributed by atoms with Gasteiger partial charge in [-0.2, -0.15) is 5.10 Å². The van der Waals surface area contributed by atoms with Gasteiger partial charge in [-0.15, -0.1) is 0 Å². The summed E-state index contributed by atoms with van der Waals surface area (Å²) in [6.07, 6.45) is 1.49. The Kier molecular flexibility index (Phi) is 7.41. The van der Waals surface area contributed by atoms with Crippen molar-refractivity contribution < 1.29 is 14.3 Å². The molecular weight excluding hydrogens is 525 g/mol. The molecule has 0 radical (unpaired) electrons. The van der Waals surface area contributed by atoms with Gasteiger partial charge in [0.2, 0.25) is 5.95 Å². The van der Waals surface area contributed by atoms with Crippen LogP contribution in [0.5, 0.6) is 11.5 Å². The lowest BCUT2D eigenvalue weighted by Gasteiger charge is -2.13. The third-order valence-corrected chi connectivity index (χ3v) is 4.86. The largest absolute Gasteiger partial charge is 0.493 e. The molecule has 3 aromatic rings.